The molecule has 1 aromatic heterocycles. The van der Waals surface area contributed by atoms with Crippen LogP contribution in [0, 0.1) is 0 Å². The zero-order chi connectivity index (χ0) is 11.4. The number of hydrogen-bond acceptors (Lipinski definition) is 3. The summed E-state index contributed by atoms with van der Waals surface area (Å²) in [7, 11) is 2.10. The van der Waals surface area contributed by atoms with Crippen LogP contribution in [0.4, 0.5) is 0 Å². The van der Waals surface area contributed by atoms with Crippen molar-refractivity contribution in [3.63, 3.8) is 0 Å². The van der Waals surface area contributed by atoms with Gasteiger partial charge in [0.2, 0.25) is 0 Å². The SMILES string of the molecule is CN(Cc1cccs1)CC1(O)CCCCC1. The third kappa shape index (κ3) is 3.30. The highest BCUT2D eigenvalue weighted by atomic mass is 32.1. The Morgan fingerprint density at radius 1 is 1.38 bits per heavy atom. The molecule has 0 spiro atoms. The first kappa shape index (κ1) is 12.1. The van der Waals surface area contributed by atoms with Crippen LogP contribution >= 0.6 is 11.3 Å². The highest BCUT2D eigenvalue weighted by Crippen LogP contribution is 2.29. The fourth-order valence-corrected chi connectivity index (χ4v) is 3.38. The van der Waals surface area contributed by atoms with Crippen LogP contribution in [0.25, 0.3) is 0 Å². The monoisotopic (exact) mass is 239 g/mol. The third-order valence-corrected chi connectivity index (χ3v) is 4.22. The lowest BCUT2D eigenvalue weighted by Gasteiger charge is -2.35. The molecule has 1 saturated carbocycles. The summed E-state index contributed by atoms with van der Waals surface area (Å²) >= 11 is 1.79. The van der Waals surface area contributed by atoms with Gasteiger partial charge in [-0.15, -0.1) is 11.3 Å². The summed E-state index contributed by atoms with van der Waals surface area (Å²) in [5, 5.41) is 12.5. The Morgan fingerprint density at radius 3 is 2.75 bits per heavy atom. The van der Waals surface area contributed by atoms with Crippen molar-refractivity contribution in [1.82, 2.24) is 4.90 Å². The predicted molar refractivity (Wildman–Crippen MR) is 68.7 cm³/mol. The third-order valence-electron chi connectivity index (χ3n) is 3.35. The van der Waals surface area contributed by atoms with E-state index in [-0.39, 0.29) is 0 Å². The zero-order valence-electron chi connectivity index (χ0n) is 9.98. The van der Waals surface area contributed by atoms with E-state index in [1.807, 2.05) is 0 Å². The average Bonchev–Trinajstić information content (AvgIpc) is 2.70. The van der Waals surface area contributed by atoms with Gasteiger partial charge in [0.05, 0.1) is 5.60 Å². The summed E-state index contributed by atoms with van der Waals surface area (Å²) in [6.07, 6.45) is 5.60. The van der Waals surface area contributed by atoms with Crippen LogP contribution in [0.3, 0.4) is 0 Å². The van der Waals surface area contributed by atoms with Crippen LogP contribution in [0.1, 0.15) is 37.0 Å². The van der Waals surface area contributed by atoms with Gasteiger partial charge in [0.15, 0.2) is 0 Å². The summed E-state index contributed by atoms with van der Waals surface area (Å²) in [6.45, 7) is 1.77. The van der Waals surface area contributed by atoms with Gasteiger partial charge in [0.25, 0.3) is 0 Å². The summed E-state index contributed by atoms with van der Waals surface area (Å²) in [6, 6.07) is 4.25. The molecule has 0 bridgehead atoms. The van der Waals surface area contributed by atoms with Crippen molar-refractivity contribution < 1.29 is 5.11 Å². The molecular weight excluding hydrogens is 218 g/mol. The molecular formula is C13H21NOS. The lowest BCUT2D eigenvalue weighted by molar-refractivity contribution is -0.0222. The topological polar surface area (TPSA) is 23.5 Å². The smallest absolute Gasteiger partial charge is 0.0774 e. The number of nitrogens with zero attached hydrogens (tertiary/aromatic N) is 1. The first-order valence-electron chi connectivity index (χ1n) is 6.11. The average molecular weight is 239 g/mol. The van der Waals surface area contributed by atoms with E-state index >= 15 is 0 Å². The first-order chi connectivity index (χ1) is 7.68. The van der Waals surface area contributed by atoms with E-state index in [0.717, 1.165) is 25.9 Å². The second kappa shape index (κ2) is 5.30. The molecule has 1 fully saturated rings. The van der Waals surface area contributed by atoms with Crippen LogP contribution in [0.15, 0.2) is 17.5 Å². The molecule has 0 atom stereocenters. The second-order valence-electron chi connectivity index (χ2n) is 5.04. The number of likely N-dealkylation sites (N-methyl/N-ethyl adjacent to an activating group) is 1. The minimum absolute atomic E-state index is 0.426. The molecule has 1 aromatic rings. The molecule has 1 heterocycles. The predicted octanol–water partition coefficient (Wildman–Crippen LogP) is 2.88. The second-order valence-corrected chi connectivity index (χ2v) is 6.07. The van der Waals surface area contributed by atoms with Crippen molar-refractivity contribution in [2.24, 2.45) is 0 Å². The standard InChI is InChI=1S/C13H21NOS/c1-14(10-12-6-5-9-16-12)11-13(15)7-3-2-4-8-13/h5-6,9,15H,2-4,7-8,10-11H2,1H3. The Bertz CT molecular complexity index is 304. The van der Waals surface area contributed by atoms with Gasteiger partial charge in [0.1, 0.15) is 0 Å². The lowest BCUT2D eigenvalue weighted by atomic mass is 9.84. The maximum atomic E-state index is 10.4. The summed E-state index contributed by atoms with van der Waals surface area (Å²) < 4.78 is 0. The minimum Gasteiger partial charge on any atom is -0.389 e. The number of thiophene rings is 1. The van der Waals surface area contributed by atoms with Gasteiger partial charge in [-0.05, 0) is 31.3 Å². The molecule has 1 aliphatic rings. The van der Waals surface area contributed by atoms with Crippen molar-refractivity contribution in [2.75, 3.05) is 13.6 Å². The quantitative estimate of drug-likeness (QED) is 0.873. The highest BCUT2D eigenvalue weighted by Gasteiger charge is 2.30. The Balaban J connectivity index is 1.84. The van der Waals surface area contributed by atoms with Crippen LogP contribution in [-0.4, -0.2) is 29.2 Å². The molecule has 3 heteroatoms. The Morgan fingerprint density at radius 2 is 2.12 bits per heavy atom. The van der Waals surface area contributed by atoms with Crippen molar-refractivity contribution in [1.29, 1.82) is 0 Å². The maximum absolute atomic E-state index is 10.4. The molecule has 2 nitrogen and oxygen atoms in total. The van der Waals surface area contributed by atoms with Crippen molar-refractivity contribution in [3.05, 3.63) is 22.4 Å². The molecule has 1 N–H and O–H groups in total. The summed E-state index contributed by atoms with van der Waals surface area (Å²) in [5.41, 5.74) is -0.426. The van der Waals surface area contributed by atoms with Gasteiger partial charge < -0.3 is 5.11 Å². The summed E-state index contributed by atoms with van der Waals surface area (Å²) in [4.78, 5) is 3.62. The molecule has 1 aliphatic carbocycles. The van der Waals surface area contributed by atoms with Gasteiger partial charge in [-0.3, -0.25) is 4.90 Å². The number of hydrogen-bond donors (Lipinski definition) is 1. The van der Waals surface area contributed by atoms with E-state index in [0.29, 0.717) is 0 Å². The van der Waals surface area contributed by atoms with Gasteiger partial charge >= 0.3 is 0 Å². The fourth-order valence-electron chi connectivity index (χ4n) is 2.59. The van der Waals surface area contributed by atoms with Crippen molar-refractivity contribution >= 4 is 11.3 Å². The minimum atomic E-state index is -0.426. The molecule has 2 rings (SSSR count). The van der Waals surface area contributed by atoms with E-state index < -0.39 is 5.60 Å². The molecule has 0 saturated heterocycles. The van der Waals surface area contributed by atoms with Crippen molar-refractivity contribution in [3.8, 4) is 0 Å². The molecule has 0 aromatic carbocycles. The van der Waals surface area contributed by atoms with Gasteiger partial charge in [0, 0.05) is 18.0 Å². The highest BCUT2D eigenvalue weighted by molar-refractivity contribution is 7.09. The molecule has 0 amide bonds. The van der Waals surface area contributed by atoms with Crippen LogP contribution in [-0.2, 0) is 6.54 Å². The molecule has 0 aliphatic heterocycles. The molecule has 0 radical (unpaired) electrons. The normalized spacial score (nSPS) is 20.2. The number of aliphatic hydroxyl groups is 1. The van der Waals surface area contributed by atoms with E-state index in [1.54, 1.807) is 11.3 Å². The molecule has 0 unspecified atom stereocenters. The van der Waals surface area contributed by atoms with Gasteiger partial charge in [-0.25, -0.2) is 0 Å². The van der Waals surface area contributed by atoms with E-state index in [4.69, 9.17) is 0 Å². The molecule has 16 heavy (non-hydrogen) atoms. The van der Waals surface area contributed by atoms with Gasteiger partial charge in [-0.2, -0.15) is 0 Å². The first-order valence-corrected chi connectivity index (χ1v) is 6.99. The summed E-state index contributed by atoms with van der Waals surface area (Å²) in [5.74, 6) is 0. The van der Waals surface area contributed by atoms with Crippen molar-refractivity contribution in [2.45, 2.75) is 44.2 Å². The Kier molecular flexibility index (Phi) is 4.00. The largest absolute Gasteiger partial charge is 0.389 e. The van der Waals surface area contributed by atoms with Crippen LogP contribution in [0.2, 0.25) is 0 Å². The number of rotatable bonds is 4. The van der Waals surface area contributed by atoms with Crippen LogP contribution in [0.5, 0.6) is 0 Å². The Hall–Kier alpha value is -0.380. The van der Waals surface area contributed by atoms with E-state index in [2.05, 4.69) is 29.5 Å². The van der Waals surface area contributed by atoms with E-state index in [9.17, 15) is 5.11 Å². The molecule has 90 valence electrons. The lowest BCUT2D eigenvalue weighted by Crippen LogP contribution is -2.42. The van der Waals surface area contributed by atoms with Gasteiger partial charge in [-0.1, -0.05) is 25.3 Å². The van der Waals surface area contributed by atoms with Crippen LogP contribution < -0.4 is 0 Å². The van der Waals surface area contributed by atoms with E-state index in [1.165, 1.54) is 24.1 Å². The Labute approximate surface area is 102 Å². The maximum Gasteiger partial charge on any atom is 0.0774 e. The zero-order valence-corrected chi connectivity index (χ0v) is 10.8. The fraction of sp³-hybridized carbons (Fsp3) is 0.692.